The maximum Gasteiger partial charge on any atom is 0.408 e. The molecule has 1 N–H and O–H groups in total. The molecule has 0 spiro atoms. The average Bonchev–Trinajstić information content (AvgIpc) is 2.59. The van der Waals surface area contributed by atoms with Crippen LogP contribution in [-0.4, -0.2) is 39.8 Å². The zero-order chi connectivity index (χ0) is 13.3. The van der Waals surface area contributed by atoms with Gasteiger partial charge in [-0.2, -0.15) is 0 Å². The van der Waals surface area contributed by atoms with Crippen molar-refractivity contribution in [2.75, 3.05) is 6.54 Å². The van der Waals surface area contributed by atoms with Crippen molar-refractivity contribution in [2.24, 2.45) is 0 Å². The Morgan fingerprint density at radius 2 is 2.00 bits per heavy atom. The first-order valence-corrected chi connectivity index (χ1v) is 5.97. The van der Waals surface area contributed by atoms with Crippen molar-refractivity contribution in [3.63, 3.8) is 0 Å². The molecule has 1 amide bonds. The molecule has 1 heterocycles. The summed E-state index contributed by atoms with van der Waals surface area (Å²) in [5, 5.41) is 9.15. The van der Waals surface area contributed by atoms with E-state index >= 15 is 0 Å². The van der Waals surface area contributed by atoms with Gasteiger partial charge in [-0.25, -0.2) is 9.59 Å². The molecule has 98 valence electrons. The first-order chi connectivity index (χ1) is 7.73. The summed E-state index contributed by atoms with van der Waals surface area (Å²) < 4.78 is 5.35. The van der Waals surface area contributed by atoms with Crippen molar-refractivity contribution in [2.45, 2.75) is 58.1 Å². The number of likely N-dealkylation sites (tertiary alicyclic amines) is 1. The lowest BCUT2D eigenvalue weighted by Gasteiger charge is -2.35. The van der Waals surface area contributed by atoms with Crippen molar-refractivity contribution >= 4 is 12.1 Å². The summed E-state index contributed by atoms with van der Waals surface area (Å²) in [6, 6.07) is 0. The number of hydrogen-bond acceptors (Lipinski definition) is 3. The molecule has 1 saturated heterocycles. The Kier molecular flexibility index (Phi) is 3.69. The number of esters is 1. The zero-order valence-electron chi connectivity index (χ0n) is 10.9. The summed E-state index contributed by atoms with van der Waals surface area (Å²) in [5.41, 5.74) is -1.58. The third-order valence-electron chi connectivity index (χ3n) is 3.08. The Balaban J connectivity index is 2.95. The van der Waals surface area contributed by atoms with Gasteiger partial charge in [-0.15, -0.1) is 0 Å². The number of rotatable bonds is 2. The van der Waals surface area contributed by atoms with E-state index in [0.29, 0.717) is 25.8 Å². The van der Waals surface area contributed by atoms with Crippen LogP contribution in [0, 0.1) is 0 Å². The Morgan fingerprint density at radius 3 is 2.41 bits per heavy atom. The lowest BCUT2D eigenvalue weighted by molar-refractivity contribution is -0.167. The lowest BCUT2D eigenvalue weighted by atomic mass is 9.93. The molecule has 0 aliphatic carbocycles. The molecule has 0 bridgehead atoms. The molecule has 5 nitrogen and oxygen atoms in total. The summed E-state index contributed by atoms with van der Waals surface area (Å²) in [7, 11) is 0. The quantitative estimate of drug-likeness (QED) is 0.755. The third-order valence-corrected chi connectivity index (χ3v) is 3.08. The van der Waals surface area contributed by atoms with Crippen LogP contribution in [0.15, 0.2) is 0 Å². The molecule has 1 aliphatic heterocycles. The van der Waals surface area contributed by atoms with E-state index in [1.165, 1.54) is 4.90 Å². The van der Waals surface area contributed by atoms with E-state index in [4.69, 9.17) is 9.84 Å². The number of nitrogens with zero attached hydrogens (tertiary/aromatic N) is 1. The van der Waals surface area contributed by atoms with E-state index < -0.39 is 23.2 Å². The van der Waals surface area contributed by atoms with Crippen molar-refractivity contribution in [3.05, 3.63) is 0 Å². The summed E-state index contributed by atoms with van der Waals surface area (Å²) in [4.78, 5) is 24.6. The van der Waals surface area contributed by atoms with Gasteiger partial charge in [0.25, 0.3) is 0 Å². The van der Waals surface area contributed by atoms with Gasteiger partial charge in [0.05, 0.1) is 0 Å². The van der Waals surface area contributed by atoms with Crippen LogP contribution in [0.2, 0.25) is 0 Å². The first kappa shape index (κ1) is 13.8. The second-order valence-corrected chi connectivity index (χ2v) is 5.42. The molecule has 0 aromatic heterocycles. The van der Waals surface area contributed by atoms with E-state index in [1.54, 1.807) is 20.8 Å². The van der Waals surface area contributed by atoms with Gasteiger partial charge in [-0.1, -0.05) is 6.92 Å². The summed E-state index contributed by atoms with van der Waals surface area (Å²) >= 11 is 0. The van der Waals surface area contributed by atoms with Crippen molar-refractivity contribution in [1.82, 2.24) is 4.90 Å². The summed E-state index contributed by atoms with van der Waals surface area (Å²) in [6.07, 6.45) is 0.661. The van der Waals surface area contributed by atoms with E-state index in [0.717, 1.165) is 0 Å². The highest BCUT2D eigenvalue weighted by atomic mass is 16.6. The van der Waals surface area contributed by atoms with Crippen LogP contribution < -0.4 is 0 Å². The molecule has 0 saturated carbocycles. The molecular formula is C12H21NO4. The van der Waals surface area contributed by atoms with Crippen LogP contribution in [0.4, 0.5) is 4.79 Å². The molecule has 0 radical (unpaired) electrons. The predicted octanol–water partition coefficient (Wildman–Crippen LogP) is 2.25. The summed E-state index contributed by atoms with van der Waals surface area (Å²) in [6.45, 7) is 7.59. The van der Waals surface area contributed by atoms with E-state index in [-0.39, 0.29) is 0 Å². The highest BCUT2D eigenvalue weighted by molar-refractivity contribution is 5.86. The number of carboxylic acid groups (broad SMARTS) is 1. The molecule has 1 unspecified atom stereocenters. The van der Waals surface area contributed by atoms with Crippen LogP contribution in [0.5, 0.6) is 0 Å². The molecule has 1 atom stereocenters. The highest BCUT2D eigenvalue weighted by Gasteiger charge is 2.50. The normalized spacial score (nSPS) is 24.8. The molecule has 17 heavy (non-hydrogen) atoms. The van der Waals surface area contributed by atoms with Gasteiger partial charge in [0.2, 0.25) is 0 Å². The Bertz CT molecular complexity index is 321. The minimum absolute atomic E-state index is 0.405. The van der Waals surface area contributed by atoms with Gasteiger partial charge in [0.15, 0.2) is 0 Å². The first-order valence-electron chi connectivity index (χ1n) is 5.97. The maximum atomic E-state index is 12.2. The molecular weight excluding hydrogens is 222 g/mol. The van der Waals surface area contributed by atoms with Crippen LogP contribution in [0.25, 0.3) is 0 Å². The van der Waals surface area contributed by atoms with E-state index in [9.17, 15) is 9.59 Å². The van der Waals surface area contributed by atoms with Gasteiger partial charge in [-0.3, -0.25) is 4.90 Å². The third kappa shape index (κ3) is 2.70. The topological polar surface area (TPSA) is 66.8 Å². The number of amides is 1. The van der Waals surface area contributed by atoms with Crippen molar-refractivity contribution in [3.8, 4) is 0 Å². The molecule has 1 rings (SSSR count). The van der Waals surface area contributed by atoms with Crippen LogP contribution >= 0.6 is 0 Å². The second kappa shape index (κ2) is 4.55. The SMILES string of the molecule is CCC1(C(=O)OC(C)(C)C)CCCN1C(=O)O. The highest BCUT2D eigenvalue weighted by Crippen LogP contribution is 2.34. The van der Waals surface area contributed by atoms with Gasteiger partial charge < -0.3 is 9.84 Å². The molecule has 0 aromatic rings. The Labute approximate surface area is 102 Å². The maximum absolute atomic E-state index is 12.2. The average molecular weight is 243 g/mol. The number of hydrogen-bond donors (Lipinski definition) is 1. The molecule has 1 aliphatic rings. The monoisotopic (exact) mass is 243 g/mol. The van der Waals surface area contributed by atoms with Crippen molar-refractivity contribution in [1.29, 1.82) is 0 Å². The fraction of sp³-hybridized carbons (Fsp3) is 0.833. The molecule has 0 aromatic carbocycles. The van der Waals surface area contributed by atoms with Gasteiger partial charge >= 0.3 is 12.1 Å². The van der Waals surface area contributed by atoms with Gasteiger partial charge in [-0.05, 0) is 40.0 Å². The fourth-order valence-corrected chi connectivity index (χ4v) is 2.25. The number of ether oxygens (including phenoxy) is 1. The smallest absolute Gasteiger partial charge is 0.408 e. The van der Waals surface area contributed by atoms with Gasteiger partial charge in [0.1, 0.15) is 11.1 Å². The largest absolute Gasteiger partial charge is 0.465 e. The minimum Gasteiger partial charge on any atom is -0.465 e. The Hall–Kier alpha value is -1.26. The lowest BCUT2D eigenvalue weighted by Crippen LogP contribution is -2.54. The van der Waals surface area contributed by atoms with Crippen LogP contribution in [-0.2, 0) is 9.53 Å². The Morgan fingerprint density at radius 1 is 1.41 bits per heavy atom. The fourth-order valence-electron chi connectivity index (χ4n) is 2.25. The van der Waals surface area contributed by atoms with Gasteiger partial charge in [0, 0.05) is 6.54 Å². The second-order valence-electron chi connectivity index (χ2n) is 5.42. The zero-order valence-corrected chi connectivity index (χ0v) is 10.9. The molecule has 5 heteroatoms. The van der Waals surface area contributed by atoms with E-state index in [1.807, 2.05) is 6.92 Å². The standard InChI is InChI=1S/C12H21NO4/c1-5-12(9(14)17-11(2,3)4)7-6-8-13(12)10(15)16/h5-8H2,1-4H3,(H,15,16). The van der Waals surface area contributed by atoms with Crippen LogP contribution in [0.3, 0.4) is 0 Å². The van der Waals surface area contributed by atoms with E-state index in [2.05, 4.69) is 0 Å². The predicted molar refractivity (Wildman–Crippen MR) is 62.8 cm³/mol. The minimum atomic E-state index is -1.05. The van der Waals surface area contributed by atoms with Crippen molar-refractivity contribution < 1.29 is 19.4 Å². The summed E-state index contributed by atoms with van der Waals surface area (Å²) in [5.74, 6) is -0.424. The molecule has 1 fully saturated rings. The number of carbonyl (C=O) groups is 2. The van der Waals surface area contributed by atoms with Crippen LogP contribution in [0.1, 0.15) is 47.0 Å². The number of carbonyl (C=O) groups excluding carboxylic acids is 1.